The fraction of sp³-hybridized carbons (Fsp3) is 0.385. The Morgan fingerprint density at radius 3 is 2.52 bits per heavy atom. The summed E-state index contributed by atoms with van der Waals surface area (Å²) in [5.74, 6) is -3.15. The molecule has 0 saturated heterocycles. The SMILES string of the molecule is CCOC(=O)CC(O)C(O)c1cc(C(=O)O)c(N)cc1F. The summed E-state index contributed by atoms with van der Waals surface area (Å²) in [6.45, 7) is 1.67. The van der Waals surface area contributed by atoms with Gasteiger partial charge in [-0.15, -0.1) is 0 Å². The first-order valence-corrected chi connectivity index (χ1v) is 6.11. The van der Waals surface area contributed by atoms with Crippen LogP contribution in [-0.2, 0) is 9.53 Å². The molecule has 0 radical (unpaired) electrons. The van der Waals surface area contributed by atoms with Gasteiger partial charge >= 0.3 is 11.9 Å². The van der Waals surface area contributed by atoms with Crippen molar-refractivity contribution in [2.45, 2.75) is 25.6 Å². The van der Waals surface area contributed by atoms with Crippen LogP contribution in [0.25, 0.3) is 0 Å². The molecule has 1 aromatic carbocycles. The summed E-state index contributed by atoms with van der Waals surface area (Å²) in [6, 6.07) is 1.56. The number of anilines is 1. The number of carboxylic acids is 1. The second kappa shape index (κ2) is 7.00. The van der Waals surface area contributed by atoms with Gasteiger partial charge in [0.15, 0.2) is 0 Å². The van der Waals surface area contributed by atoms with Crippen molar-refractivity contribution in [3.63, 3.8) is 0 Å². The highest BCUT2D eigenvalue weighted by Crippen LogP contribution is 2.26. The molecule has 0 saturated carbocycles. The number of aromatic carboxylic acids is 1. The number of aliphatic hydroxyl groups is 2. The first-order chi connectivity index (χ1) is 9.77. The molecule has 8 heteroatoms. The normalized spacial score (nSPS) is 13.5. The molecule has 0 amide bonds. The molecule has 1 aromatic rings. The number of ether oxygens (including phenoxy) is 1. The van der Waals surface area contributed by atoms with E-state index in [-0.39, 0.29) is 12.3 Å². The van der Waals surface area contributed by atoms with Crippen LogP contribution in [0, 0.1) is 5.82 Å². The van der Waals surface area contributed by atoms with Crippen molar-refractivity contribution in [3.8, 4) is 0 Å². The van der Waals surface area contributed by atoms with Crippen molar-refractivity contribution >= 4 is 17.6 Å². The molecular weight excluding hydrogens is 285 g/mol. The van der Waals surface area contributed by atoms with Crippen LogP contribution in [0.2, 0.25) is 0 Å². The van der Waals surface area contributed by atoms with Crippen LogP contribution in [0.15, 0.2) is 12.1 Å². The number of nitrogens with two attached hydrogens (primary N) is 1. The lowest BCUT2D eigenvalue weighted by molar-refractivity contribution is -0.147. The van der Waals surface area contributed by atoms with E-state index < -0.39 is 47.5 Å². The molecule has 116 valence electrons. The summed E-state index contributed by atoms with van der Waals surface area (Å²) in [7, 11) is 0. The zero-order valence-electron chi connectivity index (χ0n) is 11.2. The van der Waals surface area contributed by atoms with Gasteiger partial charge in [0.2, 0.25) is 0 Å². The van der Waals surface area contributed by atoms with E-state index in [1.807, 2.05) is 0 Å². The van der Waals surface area contributed by atoms with Crippen LogP contribution in [-0.4, -0.2) is 40.0 Å². The Bertz CT molecular complexity index is 548. The summed E-state index contributed by atoms with van der Waals surface area (Å²) in [5, 5.41) is 28.4. The minimum atomic E-state index is -1.78. The van der Waals surface area contributed by atoms with Gasteiger partial charge in [-0.3, -0.25) is 4.79 Å². The second-order valence-corrected chi connectivity index (χ2v) is 4.29. The molecule has 1 rings (SSSR count). The van der Waals surface area contributed by atoms with Crippen LogP contribution < -0.4 is 5.73 Å². The first-order valence-electron chi connectivity index (χ1n) is 6.11. The zero-order chi connectivity index (χ0) is 16.2. The Hall–Kier alpha value is -2.19. The molecule has 0 aliphatic rings. The summed E-state index contributed by atoms with van der Waals surface area (Å²) >= 11 is 0. The van der Waals surface area contributed by atoms with E-state index in [9.17, 15) is 24.2 Å². The number of rotatable bonds is 6. The fourth-order valence-electron chi connectivity index (χ4n) is 1.73. The van der Waals surface area contributed by atoms with Crippen LogP contribution in [0.4, 0.5) is 10.1 Å². The summed E-state index contributed by atoms with van der Waals surface area (Å²) < 4.78 is 18.3. The highest BCUT2D eigenvalue weighted by Gasteiger charge is 2.26. The Morgan fingerprint density at radius 1 is 1.38 bits per heavy atom. The number of nitrogen functional groups attached to an aromatic ring is 1. The molecule has 21 heavy (non-hydrogen) atoms. The lowest BCUT2D eigenvalue weighted by Gasteiger charge is -2.19. The molecule has 0 spiro atoms. The van der Waals surface area contributed by atoms with Gasteiger partial charge in [0.25, 0.3) is 0 Å². The number of hydrogen-bond acceptors (Lipinski definition) is 6. The highest BCUT2D eigenvalue weighted by atomic mass is 19.1. The van der Waals surface area contributed by atoms with Crippen molar-refractivity contribution < 1.29 is 34.0 Å². The van der Waals surface area contributed by atoms with Crippen LogP contribution in [0.1, 0.15) is 35.4 Å². The highest BCUT2D eigenvalue weighted by molar-refractivity contribution is 5.93. The molecule has 2 unspecified atom stereocenters. The number of halogens is 1. The minimum Gasteiger partial charge on any atom is -0.478 e. The Kier molecular flexibility index (Phi) is 5.62. The molecule has 0 heterocycles. The third-order valence-electron chi connectivity index (χ3n) is 2.76. The average Bonchev–Trinajstić information content (AvgIpc) is 2.37. The van der Waals surface area contributed by atoms with Crippen molar-refractivity contribution in [1.29, 1.82) is 0 Å². The monoisotopic (exact) mass is 301 g/mol. The first kappa shape index (κ1) is 16.9. The van der Waals surface area contributed by atoms with Crippen molar-refractivity contribution in [2.75, 3.05) is 12.3 Å². The van der Waals surface area contributed by atoms with Gasteiger partial charge in [-0.05, 0) is 19.1 Å². The predicted octanol–water partition coefficient (Wildman–Crippen LogP) is 0.454. The lowest BCUT2D eigenvalue weighted by atomic mass is 9.98. The van der Waals surface area contributed by atoms with E-state index >= 15 is 0 Å². The number of carboxylic acid groups (broad SMARTS) is 1. The Balaban J connectivity index is 3.01. The quantitative estimate of drug-likeness (QED) is 0.443. The molecule has 0 aromatic heterocycles. The van der Waals surface area contributed by atoms with Crippen LogP contribution >= 0.6 is 0 Å². The van der Waals surface area contributed by atoms with Crippen molar-refractivity contribution in [1.82, 2.24) is 0 Å². The maximum absolute atomic E-state index is 13.7. The molecule has 0 aliphatic heterocycles. The number of hydrogen-bond donors (Lipinski definition) is 4. The number of carbonyl (C=O) groups excluding carboxylic acids is 1. The van der Waals surface area contributed by atoms with E-state index in [4.69, 9.17) is 10.8 Å². The molecular formula is C13H16FNO6. The topological polar surface area (TPSA) is 130 Å². The summed E-state index contributed by atoms with van der Waals surface area (Å²) in [5.41, 5.74) is 4.17. The smallest absolute Gasteiger partial charge is 0.337 e. The zero-order valence-corrected chi connectivity index (χ0v) is 11.2. The van der Waals surface area contributed by atoms with Gasteiger partial charge in [0.1, 0.15) is 11.9 Å². The van der Waals surface area contributed by atoms with E-state index in [0.717, 1.165) is 12.1 Å². The molecule has 7 nitrogen and oxygen atoms in total. The number of benzene rings is 1. The maximum atomic E-state index is 13.7. The van der Waals surface area contributed by atoms with Gasteiger partial charge in [0, 0.05) is 11.3 Å². The van der Waals surface area contributed by atoms with Gasteiger partial charge in [-0.1, -0.05) is 0 Å². The van der Waals surface area contributed by atoms with Gasteiger partial charge in [-0.2, -0.15) is 0 Å². The number of carbonyl (C=O) groups is 2. The fourth-order valence-corrected chi connectivity index (χ4v) is 1.73. The molecule has 0 aliphatic carbocycles. The van der Waals surface area contributed by atoms with Gasteiger partial charge in [0.05, 0.1) is 24.7 Å². The minimum absolute atomic E-state index is 0.0983. The summed E-state index contributed by atoms with van der Waals surface area (Å²) in [6.07, 6.45) is -3.97. The second-order valence-electron chi connectivity index (χ2n) is 4.29. The molecule has 2 atom stereocenters. The summed E-state index contributed by atoms with van der Waals surface area (Å²) in [4.78, 5) is 22.1. The third kappa shape index (κ3) is 4.14. The number of aliphatic hydroxyl groups excluding tert-OH is 2. The molecule has 5 N–H and O–H groups in total. The third-order valence-corrected chi connectivity index (χ3v) is 2.76. The predicted molar refractivity (Wildman–Crippen MR) is 70.0 cm³/mol. The average molecular weight is 301 g/mol. The molecule has 0 bridgehead atoms. The maximum Gasteiger partial charge on any atom is 0.337 e. The van der Waals surface area contributed by atoms with Gasteiger partial charge < -0.3 is 25.8 Å². The lowest BCUT2D eigenvalue weighted by Crippen LogP contribution is -2.24. The number of esters is 1. The Labute approximate surface area is 119 Å². The van der Waals surface area contributed by atoms with E-state index in [1.54, 1.807) is 6.92 Å². The van der Waals surface area contributed by atoms with Gasteiger partial charge in [-0.25, -0.2) is 9.18 Å². The van der Waals surface area contributed by atoms with E-state index in [1.165, 1.54) is 0 Å². The van der Waals surface area contributed by atoms with Crippen LogP contribution in [0.3, 0.4) is 0 Å². The standard InChI is InChI=1S/C13H16FNO6/c1-2-21-11(17)5-10(16)12(18)6-3-7(13(19)20)9(15)4-8(6)14/h3-4,10,12,16,18H,2,5,15H2,1H3,(H,19,20). The largest absolute Gasteiger partial charge is 0.478 e. The van der Waals surface area contributed by atoms with E-state index in [0.29, 0.717) is 0 Å². The van der Waals surface area contributed by atoms with Crippen LogP contribution in [0.5, 0.6) is 0 Å². The van der Waals surface area contributed by atoms with Crippen molar-refractivity contribution in [3.05, 3.63) is 29.1 Å². The van der Waals surface area contributed by atoms with E-state index in [2.05, 4.69) is 4.74 Å². The van der Waals surface area contributed by atoms with Crippen molar-refractivity contribution in [2.24, 2.45) is 0 Å². The molecule has 0 fully saturated rings. The Morgan fingerprint density at radius 2 is 2.00 bits per heavy atom.